The first-order valence-electron chi connectivity index (χ1n) is 4.61. The van der Waals surface area contributed by atoms with Crippen molar-refractivity contribution >= 4 is 17.5 Å². The van der Waals surface area contributed by atoms with Gasteiger partial charge in [-0.2, -0.15) is 0 Å². The van der Waals surface area contributed by atoms with E-state index in [1.54, 1.807) is 11.1 Å². The molecule has 80 valence electrons. The monoisotopic (exact) mass is 207 g/mol. The van der Waals surface area contributed by atoms with Crippen molar-refractivity contribution in [2.45, 2.75) is 6.54 Å². The van der Waals surface area contributed by atoms with E-state index in [0.29, 0.717) is 12.2 Å². The molecule has 1 heterocycles. The van der Waals surface area contributed by atoms with Gasteiger partial charge in [-0.1, -0.05) is 0 Å². The van der Waals surface area contributed by atoms with Crippen molar-refractivity contribution in [3.63, 3.8) is 0 Å². The second-order valence-electron chi connectivity index (χ2n) is 3.49. The van der Waals surface area contributed by atoms with Crippen molar-refractivity contribution in [2.75, 3.05) is 24.9 Å². The third-order valence-corrected chi connectivity index (χ3v) is 2.42. The van der Waals surface area contributed by atoms with Gasteiger partial charge in [0.1, 0.15) is 0 Å². The summed E-state index contributed by atoms with van der Waals surface area (Å²) in [5.74, 6) is 0. The summed E-state index contributed by atoms with van der Waals surface area (Å²) < 4.78 is 4.71. The van der Waals surface area contributed by atoms with Crippen LogP contribution in [0.4, 0.5) is 16.2 Å². The average molecular weight is 207 g/mol. The number of carbonyl (C=O) groups is 1. The lowest BCUT2D eigenvalue weighted by Crippen LogP contribution is -2.39. The predicted octanol–water partition coefficient (Wildman–Crippen LogP) is 1.20. The van der Waals surface area contributed by atoms with Crippen molar-refractivity contribution in [3.05, 3.63) is 23.8 Å². The van der Waals surface area contributed by atoms with Crippen LogP contribution in [0.25, 0.3) is 0 Å². The van der Waals surface area contributed by atoms with Gasteiger partial charge in [0.25, 0.3) is 0 Å². The van der Waals surface area contributed by atoms with E-state index in [1.165, 1.54) is 12.1 Å². The van der Waals surface area contributed by atoms with Gasteiger partial charge in [0.05, 0.1) is 12.8 Å². The fourth-order valence-electron chi connectivity index (χ4n) is 1.76. The zero-order valence-corrected chi connectivity index (χ0v) is 8.73. The van der Waals surface area contributed by atoms with E-state index < -0.39 is 0 Å². The first kappa shape index (κ1) is 9.79. The second-order valence-corrected chi connectivity index (χ2v) is 3.49. The number of methoxy groups -OCH3 is 1. The lowest BCUT2D eigenvalue weighted by atomic mass is 10.2. The van der Waals surface area contributed by atoms with E-state index in [4.69, 9.17) is 10.5 Å². The van der Waals surface area contributed by atoms with E-state index >= 15 is 0 Å². The summed E-state index contributed by atoms with van der Waals surface area (Å²) in [6, 6.07) is 5.47. The van der Waals surface area contributed by atoms with E-state index in [2.05, 4.69) is 0 Å². The standard InChI is InChI=1S/C10H13N3O2/c1-12-6-7-5-8(11)3-4-9(7)13(12)10(14)15-2/h3-5H,6,11H2,1-2H3. The number of hydrogen-bond donors (Lipinski definition) is 1. The number of fused-ring (bicyclic) bond motifs is 1. The number of hydrazine groups is 1. The summed E-state index contributed by atoms with van der Waals surface area (Å²) in [6.45, 7) is 0.662. The van der Waals surface area contributed by atoms with Crippen molar-refractivity contribution < 1.29 is 9.53 Å². The SMILES string of the molecule is COC(=O)N1c2ccc(N)cc2CN1C. The van der Waals surface area contributed by atoms with E-state index in [-0.39, 0.29) is 6.09 Å². The lowest BCUT2D eigenvalue weighted by molar-refractivity contribution is 0.159. The summed E-state index contributed by atoms with van der Waals surface area (Å²) in [7, 11) is 3.19. The summed E-state index contributed by atoms with van der Waals surface area (Å²) in [5, 5.41) is 3.28. The Bertz CT molecular complexity index is 406. The van der Waals surface area contributed by atoms with Gasteiger partial charge in [0.2, 0.25) is 0 Å². The number of rotatable bonds is 0. The molecular weight excluding hydrogens is 194 g/mol. The molecule has 0 atom stereocenters. The maximum absolute atomic E-state index is 11.5. The van der Waals surface area contributed by atoms with E-state index in [1.807, 2.05) is 19.2 Å². The molecule has 5 heteroatoms. The van der Waals surface area contributed by atoms with Gasteiger partial charge in [0.15, 0.2) is 0 Å². The van der Waals surface area contributed by atoms with Crippen LogP contribution in [0.1, 0.15) is 5.56 Å². The maximum Gasteiger partial charge on any atom is 0.428 e. The van der Waals surface area contributed by atoms with Crippen LogP contribution in [0.3, 0.4) is 0 Å². The largest absolute Gasteiger partial charge is 0.452 e. The van der Waals surface area contributed by atoms with Gasteiger partial charge in [-0.05, 0) is 23.8 Å². The number of ether oxygens (including phenoxy) is 1. The molecule has 2 rings (SSSR count). The summed E-state index contributed by atoms with van der Waals surface area (Å²) in [4.78, 5) is 11.5. The summed E-state index contributed by atoms with van der Waals surface area (Å²) in [5.41, 5.74) is 8.24. The van der Waals surface area contributed by atoms with Crippen molar-refractivity contribution in [1.29, 1.82) is 0 Å². The molecule has 0 saturated carbocycles. The quantitative estimate of drug-likeness (QED) is 0.649. The van der Waals surface area contributed by atoms with E-state index in [9.17, 15) is 4.79 Å². The minimum atomic E-state index is -0.388. The van der Waals surface area contributed by atoms with Crippen LogP contribution in [-0.4, -0.2) is 25.3 Å². The topological polar surface area (TPSA) is 58.8 Å². The molecule has 2 N–H and O–H groups in total. The van der Waals surface area contributed by atoms with Crippen LogP contribution >= 0.6 is 0 Å². The molecule has 0 aliphatic carbocycles. The Balaban J connectivity index is 2.41. The highest BCUT2D eigenvalue weighted by molar-refractivity contribution is 5.89. The highest BCUT2D eigenvalue weighted by Gasteiger charge is 2.30. The van der Waals surface area contributed by atoms with Crippen molar-refractivity contribution in [1.82, 2.24) is 5.01 Å². The highest BCUT2D eigenvalue weighted by Crippen LogP contribution is 2.31. The smallest absolute Gasteiger partial charge is 0.428 e. The van der Waals surface area contributed by atoms with Crippen LogP contribution in [0.5, 0.6) is 0 Å². The molecule has 0 radical (unpaired) electrons. The Hall–Kier alpha value is -1.75. The van der Waals surface area contributed by atoms with Gasteiger partial charge in [-0.15, -0.1) is 0 Å². The van der Waals surface area contributed by atoms with Gasteiger partial charge >= 0.3 is 6.09 Å². The van der Waals surface area contributed by atoms with Gasteiger partial charge in [-0.3, -0.25) is 0 Å². The molecule has 15 heavy (non-hydrogen) atoms. The minimum Gasteiger partial charge on any atom is -0.452 e. The van der Waals surface area contributed by atoms with Crippen molar-refractivity contribution in [2.24, 2.45) is 0 Å². The molecule has 5 nitrogen and oxygen atoms in total. The number of hydrogen-bond acceptors (Lipinski definition) is 4. The zero-order chi connectivity index (χ0) is 11.0. The number of nitrogens with two attached hydrogens (primary N) is 1. The van der Waals surface area contributed by atoms with Gasteiger partial charge in [-0.25, -0.2) is 14.8 Å². The molecule has 0 fully saturated rings. The Labute approximate surface area is 88.0 Å². The number of carbonyl (C=O) groups excluding carboxylic acids is 1. The predicted molar refractivity (Wildman–Crippen MR) is 57.2 cm³/mol. The second kappa shape index (κ2) is 3.43. The summed E-state index contributed by atoms with van der Waals surface area (Å²) in [6.07, 6.45) is -0.388. The average Bonchev–Trinajstić information content (AvgIpc) is 2.52. The molecule has 1 aliphatic heterocycles. The lowest BCUT2D eigenvalue weighted by Gasteiger charge is -2.22. The molecular formula is C10H13N3O2. The van der Waals surface area contributed by atoms with Crippen LogP contribution in [0.2, 0.25) is 0 Å². The minimum absolute atomic E-state index is 0.388. The number of benzene rings is 1. The van der Waals surface area contributed by atoms with Crippen LogP contribution in [0, 0.1) is 0 Å². The maximum atomic E-state index is 11.5. The molecule has 1 amide bonds. The number of nitrogens with zero attached hydrogens (tertiary/aromatic N) is 2. The first-order chi connectivity index (χ1) is 7.13. The third-order valence-electron chi connectivity index (χ3n) is 2.42. The Morgan fingerprint density at radius 1 is 1.53 bits per heavy atom. The molecule has 0 spiro atoms. The highest BCUT2D eigenvalue weighted by atomic mass is 16.5. The molecule has 0 unspecified atom stereocenters. The number of anilines is 2. The Morgan fingerprint density at radius 3 is 2.93 bits per heavy atom. The molecule has 0 aromatic heterocycles. The van der Waals surface area contributed by atoms with Crippen LogP contribution in [0.15, 0.2) is 18.2 Å². The first-order valence-corrected chi connectivity index (χ1v) is 4.61. The van der Waals surface area contributed by atoms with Crippen LogP contribution < -0.4 is 10.7 Å². The fourth-order valence-corrected chi connectivity index (χ4v) is 1.76. The fraction of sp³-hybridized carbons (Fsp3) is 0.300. The van der Waals surface area contributed by atoms with Crippen molar-refractivity contribution in [3.8, 4) is 0 Å². The molecule has 0 bridgehead atoms. The number of nitrogen functional groups attached to an aromatic ring is 1. The molecule has 0 saturated heterocycles. The third kappa shape index (κ3) is 1.50. The Kier molecular flexibility index (Phi) is 2.24. The molecule has 1 aliphatic rings. The summed E-state index contributed by atoms with van der Waals surface area (Å²) >= 11 is 0. The molecule has 1 aromatic rings. The van der Waals surface area contributed by atoms with Gasteiger partial charge < -0.3 is 10.5 Å². The number of amides is 1. The van der Waals surface area contributed by atoms with E-state index in [0.717, 1.165) is 11.3 Å². The van der Waals surface area contributed by atoms with Gasteiger partial charge in [0, 0.05) is 19.3 Å². The zero-order valence-electron chi connectivity index (χ0n) is 8.73. The molecule has 1 aromatic carbocycles. The normalized spacial score (nSPS) is 15.2. The Morgan fingerprint density at radius 2 is 2.27 bits per heavy atom. The van der Waals surface area contributed by atoms with Crippen LogP contribution in [-0.2, 0) is 11.3 Å².